The molecular weight excluding hydrogens is 1700 g/mol. The lowest BCUT2D eigenvalue weighted by Gasteiger charge is -2.27. The summed E-state index contributed by atoms with van der Waals surface area (Å²) in [6.07, 6.45) is 8.99. The molecule has 0 fully saturated rings. The summed E-state index contributed by atoms with van der Waals surface area (Å²) < 4.78 is 25.9. The maximum Gasteiger partial charge on any atom is 0.227 e. The quantitative estimate of drug-likeness (QED) is 0.0870. The summed E-state index contributed by atoms with van der Waals surface area (Å²) in [6.45, 7) is 0. The summed E-state index contributed by atoms with van der Waals surface area (Å²) in [6, 6.07) is 168. The number of aromatic nitrogens is 3. The monoisotopic (exact) mass is 1780 g/mol. The first kappa shape index (κ1) is 82.4. The van der Waals surface area contributed by atoms with E-state index in [1.165, 1.54) is 38.8 Å². The van der Waals surface area contributed by atoms with Gasteiger partial charge in [-0.15, -0.1) is 0 Å². The molecule has 0 bridgehead atoms. The van der Waals surface area contributed by atoms with Crippen molar-refractivity contribution in [3.8, 4) is 67.7 Å². The number of hydrogen-bond acceptors (Lipinski definition) is 10. The van der Waals surface area contributed by atoms with Gasteiger partial charge in [0.15, 0.2) is 16.7 Å². The minimum absolute atomic E-state index is 0.625. The van der Waals surface area contributed by atoms with Crippen molar-refractivity contribution >= 4 is 177 Å². The summed E-state index contributed by atoms with van der Waals surface area (Å²) in [4.78, 5) is 21.5. The number of furan rings is 1. The highest BCUT2D eigenvalue weighted by molar-refractivity contribution is 6.23. The Morgan fingerprint density at radius 1 is 0.194 bits per heavy atom. The molecule has 0 atom stereocenters. The Kier molecular flexibility index (Phi) is 21.2. The van der Waals surface area contributed by atoms with Gasteiger partial charge in [0.25, 0.3) is 0 Å². The molecule has 0 radical (unpaired) electrons. The van der Waals surface area contributed by atoms with Gasteiger partial charge in [0, 0.05) is 101 Å². The third-order valence-electron chi connectivity index (χ3n) is 26.7. The number of hydrogen-bond donors (Lipinski definition) is 0. The molecule has 0 saturated heterocycles. The van der Waals surface area contributed by atoms with Crippen LogP contribution in [-0.4, -0.2) is 15.0 Å². The number of rotatable bonds is 16. The molecule has 1 aliphatic carbocycles. The van der Waals surface area contributed by atoms with E-state index in [1.807, 2.05) is 121 Å². The van der Waals surface area contributed by atoms with Gasteiger partial charge in [0.1, 0.15) is 27.7 Å². The molecule has 27 rings (SSSR count). The smallest absolute Gasteiger partial charge is 0.227 e. The van der Waals surface area contributed by atoms with Crippen LogP contribution in [0.15, 0.2) is 515 Å². The van der Waals surface area contributed by atoms with Crippen molar-refractivity contribution < 1.29 is 17.7 Å². The van der Waals surface area contributed by atoms with Crippen LogP contribution in [0.3, 0.4) is 0 Å². The van der Waals surface area contributed by atoms with Gasteiger partial charge in [-0.2, -0.15) is 0 Å². The standard InChI is InChI=1S/C45H30N2O2.C45H30N2O.C39H26N2O/c1-3-10-29(11-4-1)30-18-22-33(23-19-30)47(34-24-26-37-36-14-7-8-17-41(36)48-42(37)28-34)40-16-9-15-38-35(40)25-20-31-21-27-39-44(43(31)38)49-45(46-39)32-12-5-2-6-13-32;1-4-10-31(11-5-1)33-18-24-38(25-19-33)47(39-26-20-34(21-27-39)32-12-6-2-7-13-32)40-28-22-35-16-17-36-23-29-42-44(43(36)41(35)30-40)48-45(46-42)37-14-8-3-9-15-37;1-4-10-30(11-5-1)39-40-36-25-22-29-18-16-28-17-19-31(26-35(28)37(29)38(36)42-39)27-20-23-34(24-21-27)41(32-12-6-2-7-13-32)33-14-8-3-9-15-33/h2-3,5-28H,1,4H2;1-30H;1-26H. The first-order valence-electron chi connectivity index (χ1n) is 47.1. The van der Waals surface area contributed by atoms with Gasteiger partial charge in [-0.25, -0.2) is 15.0 Å². The van der Waals surface area contributed by atoms with Gasteiger partial charge in [0.05, 0.1) is 5.69 Å². The zero-order valence-electron chi connectivity index (χ0n) is 75.6. The molecule has 4 aromatic heterocycles. The zero-order chi connectivity index (χ0) is 92.1. The summed E-state index contributed by atoms with van der Waals surface area (Å²) >= 11 is 0. The Bertz CT molecular complexity index is 9020. The fourth-order valence-corrected chi connectivity index (χ4v) is 19.8. The van der Waals surface area contributed by atoms with Crippen molar-refractivity contribution in [2.75, 3.05) is 14.7 Å². The average molecular weight is 1780 g/mol. The third kappa shape index (κ3) is 15.8. The van der Waals surface area contributed by atoms with Crippen LogP contribution in [0.5, 0.6) is 0 Å². The number of nitrogens with zero attached hydrogens (tertiary/aromatic N) is 6. The van der Waals surface area contributed by atoms with Gasteiger partial charge in [-0.3, -0.25) is 0 Å². The van der Waals surface area contributed by atoms with E-state index in [4.69, 9.17) is 32.6 Å². The Hall–Kier alpha value is -18.5. The first-order valence-corrected chi connectivity index (χ1v) is 47.1. The first-order chi connectivity index (χ1) is 68.9. The van der Waals surface area contributed by atoms with E-state index in [-0.39, 0.29) is 0 Å². The molecule has 0 spiro atoms. The van der Waals surface area contributed by atoms with Crippen LogP contribution in [0.2, 0.25) is 0 Å². The zero-order valence-corrected chi connectivity index (χ0v) is 75.6. The van der Waals surface area contributed by atoms with Crippen LogP contribution in [0.25, 0.3) is 193 Å². The van der Waals surface area contributed by atoms with Gasteiger partial charge in [0.2, 0.25) is 17.7 Å². The summed E-state index contributed by atoms with van der Waals surface area (Å²) in [5.41, 5.74) is 29.0. The lowest BCUT2D eigenvalue weighted by atomic mass is 9.96. The Balaban J connectivity index is 0.000000111. The van der Waals surface area contributed by atoms with Gasteiger partial charge in [-0.05, 0) is 270 Å². The number of fused-ring (bicyclic) bond motifs is 18. The highest BCUT2D eigenvalue weighted by Gasteiger charge is 2.25. The fourth-order valence-electron chi connectivity index (χ4n) is 19.8. The van der Waals surface area contributed by atoms with Crippen molar-refractivity contribution in [3.05, 3.63) is 503 Å². The maximum atomic E-state index is 6.54. The molecule has 139 heavy (non-hydrogen) atoms. The number of allylic oxidation sites excluding steroid dienone is 4. The second-order valence-corrected chi connectivity index (χ2v) is 35.1. The molecule has 0 aliphatic heterocycles. The molecule has 10 nitrogen and oxygen atoms in total. The van der Waals surface area contributed by atoms with E-state index in [0.29, 0.717) is 17.7 Å². The van der Waals surface area contributed by atoms with Crippen molar-refractivity contribution in [3.63, 3.8) is 0 Å². The maximum absolute atomic E-state index is 6.54. The molecule has 0 unspecified atom stereocenters. The van der Waals surface area contributed by atoms with E-state index >= 15 is 0 Å². The third-order valence-corrected chi connectivity index (χ3v) is 26.7. The van der Waals surface area contributed by atoms with Crippen molar-refractivity contribution in [2.24, 2.45) is 0 Å². The van der Waals surface area contributed by atoms with Crippen molar-refractivity contribution in [1.29, 1.82) is 0 Å². The highest BCUT2D eigenvalue weighted by Crippen LogP contribution is 2.48. The SMILES string of the molecule is C1=CC(c2ccc(N(c3ccc4c(c3)oc3ccccc34)c3cccc4c3ccc3ccc5nc(-c6ccccc6)oc5c34)cc2)=CCC1.c1ccc(-c2ccc(N(c3ccc(-c4ccccc4)cc3)c3ccc4ccc5ccc6nc(-c7ccccc7)oc6c5c4c3)cc2)cc1.c1ccc(-c2nc3ccc4ccc5ccc(-c6ccc(N(c7ccccc7)c7ccccc7)cc6)cc5c4c3o2)cc1. The lowest BCUT2D eigenvalue weighted by Crippen LogP contribution is -2.10. The van der Waals surface area contributed by atoms with E-state index in [1.54, 1.807) is 0 Å². The number of para-hydroxylation sites is 3. The minimum atomic E-state index is 0.625. The Morgan fingerprint density at radius 2 is 0.525 bits per heavy atom. The molecule has 0 saturated carbocycles. The topological polar surface area (TPSA) is 101 Å². The van der Waals surface area contributed by atoms with Crippen LogP contribution in [0.1, 0.15) is 18.4 Å². The van der Waals surface area contributed by atoms with E-state index in [9.17, 15) is 0 Å². The fraction of sp³-hybridized carbons (Fsp3) is 0.0155. The van der Waals surface area contributed by atoms with E-state index < -0.39 is 0 Å². The van der Waals surface area contributed by atoms with Gasteiger partial charge in [-0.1, -0.05) is 322 Å². The lowest BCUT2D eigenvalue weighted by molar-refractivity contribution is 0.623. The Morgan fingerprint density at radius 3 is 1.01 bits per heavy atom. The second-order valence-electron chi connectivity index (χ2n) is 35.1. The molecular formula is C129H86N6O4. The van der Waals surface area contributed by atoms with Crippen molar-refractivity contribution in [1.82, 2.24) is 15.0 Å². The minimum Gasteiger partial charge on any atom is -0.456 e. The van der Waals surface area contributed by atoms with Crippen LogP contribution < -0.4 is 14.7 Å². The predicted octanol–water partition coefficient (Wildman–Crippen LogP) is 36.4. The molecule has 0 N–H and O–H groups in total. The average Bonchev–Trinajstić information content (AvgIpc) is 1.69. The normalized spacial score (nSPS) is 12.0. The number of oxazole rings is 3. The predicted molar refractivity (Wildman–Crippen MR) is 577 cm³/mol. The summed E-state index contributed by atoms with van der Waals surface area (Å²) in [7, 11) is 0. The molecule has 0 amide bonds. The van der Waals surface area contributed by atoms with Crippen LogP contribution in [0, 0.1) is 0 Å². The largest absolute Gasteiger partial charge is 0.456 e. The van der Waals surface area contributed by atoms with E-state index in [0.717, 1.165) is 206 Å². The summed E-state index contributed by atoms with van der Waals surface area (Å²) in [5, 5.41) is 15.7. The molecule has 1 aliphatic rings. The molecule has 4 heterocycles. The van der Waals surface area contributed by atoms with Crippen molar-refractivity contribution in [2.45, 2.75) is 12.8 Å². The summed E-state index contributed by atoms with van der Waals surface area (Å²) in [5.74, 6) is 1.90. The van der Waals surface area contributed by atoms with Gasteiger partial charge < -0.3 is 32.4 Å². The number of anilines is 9. The molecule has 22 aromatic carbocycles. The second kappa shape index (κ2) is 35.8. The van der Waals surface area contributed by atoms with Crippen LogP contribution in [0.4, 0.5) is 51.2 Å². The van der Waals surface area contributed by atoms with Gasteiger partial charge >= 0.3 is 0 Å². The molecule has 26 aromatic rings. The molecule has 656 valence electrons. The van der Waals surface area contributed by atoms with Crippen LogP contribution >= 0.6 is 0 Å². The van der Waals surface area contributed by atoms with Crippen LogP contribution in [-0.2, 0) is 0 Å². The number of benzene rings is 22. The highest BCUT2D eigenvalue weighted by atomic mass is 16.4. The molecule has 10 heteroatoms. The van der Waals surface area contributed by atoms with E-state index in [2.05, 4.69) is 391 Å². The Labute approximate surface area is 802 Å².